The van der Waals surface area contributed by atoms with Gasteiger partial charge in [-0.1, -0.05) is 25.9 Å². The Kier molecular flexibility index (Phi) is 4.77. The van der Waals surface area contributed by atoms with Gasteiger partial charge in [0.1, 0.15) is 11.6 Å². The maximum absolute atomic E-state index is 13.3. The molecule has 1 aromatic carbocycles. The number of nitrogens with one attached hydrogen (secondary N) is 1. The zero-order chi connectivity index (χ0) is 21.5. The number of carbonyl (C=O) groups is 1. The number of halogens is 1. The monoisotopic (exact) mass is 405 g/mol. The molecule has 0 radical (unpaired) electrons. The largest absolute Gasteiger partial charge is 0.335 e. The third kappa shape index (κ3) is 3.76. The van der Waals surface area contributed by atoms with Crippen LogP contribution in [0, 0.1) is 12.7 Å². The number of nitrogens with zero attached hydrogens (tertiary/aromatic N) is 4. The van der Waals surface area contributed by atoms with Gasteiger partial charge in [-0.2, -0.15) is 0 Å². The molecule has 7 nitrogen and oxygen atoms in total. The number of aromatic nitrogens is 4. The van der Waals surface area contributed by atoms with Gasteiger partial charge in [-0.05, 0) is 37.3 Å². The lowest BCUT2D eigenvalue weighted by atomic mass is 9.96. The number of rotatable bonds is 3. The fourth-order valence-electron chi connectivity index (χ4n) is 3.02. The second kappa shape index (κ2) is 7.29. The van der Waals surface area contributed by atoms with Gasteiger partial charge in [-0.3, -0.25) is 4.79 Å². The van der Waals surface area contributed by atoms with Crippen molar-refractivity contribution in [2.45, 2.75) is 33.1 Å². The molecule has 1 N–H and O–H groups in total. The highest BCUT2D eigenvalue weighted by molar-refractivity contribution is 6.12. The topological polar surface area (TPSA) is 93.8 Å². The molecule has 3 aromatic heterocycles. The van der Waals surface area contributed by atoms with E-state index in [1.165, 1.54) is 12.1 Å². The standard InChI is InChI=1S/C22H20FN5O2/c1-12-18-16(19(29)26-15-10-24-21(25-11-15)22(2,3)4)9-17(27-20(18)30-28-12)13-5-7-14(23)8-6-13/h5-11H,1-4H3,(H,26,29). The van der Waals surface area contributed by atoms with E-state index in [0.29, 0.717) is 39.4 Å². The summed E-state index contributed by atoms with van der Waals surface area (Å²) < 4.78 is 18.6. The van der Waals surface area contributed by atoms with Crippen LogP contribution < -0.4 is 5.32 Å². The Balaban J connectivity index is 1.72. The molecular formula is C22H20FN5O2. The molecule has 0 spiro atoms. The molecule has 8 heteroatoms. The van der Waals surface area contributed by atoms with Crippen molar-refractivity contribution in [3.63, 3.8) is 0 Å². The Morgan fingerprint density at radius 2 is 1.77 bits per heavy atom. The second-order valence-electron chi connectivity index (χ2n) is 8.01. The maximum Gasteiger partial charge on any atom is 0.259 e. The van der Waals surface area contributed by atoms with E-state index in [1.54, 1.807) is 37.5 Å². The third-order valence-electron chi connectivity index (χ3n) is 4.58. The molecule has 1 amide bonds. The third-order valence-corrected chi connectivity index (χ3v) is 4.58. The number of hydrogen-bond donors (Lipinski definition) is 1. The lowest BCUT2D eigenvalue weighted by Crippen LogP contribution is -2.17. The van der Waals surface area contributed by atoms with E-state index in [-0.39, 0.29) is 22.9 Å². The normalized spacial score (nSPS) is 11.6. The molecule has 3 heterocycles. The van der Waals surface area contributed by atoms with Gasteiger partial charge in [0, 0.05) is 11.0 Å². The zero-order valence-electron chi connectivity index (χ0n) is 17.0. The number of aryl methyl sites for hydroxylation is 1. The van der Waals surface area contributed by atoms with Crippen LogP contribution >= 0.6 is 0 Å². The fraction of sp³-hybridized carbons (Fsp3) is 0.227. The quantitative estimate of drug-likeness (QED) is 0.532. The van der Waals surface area contributed by atoms with Crippen molar-refractivity contribution < 1.29 is 13.7 Å². The summed E-state index contributed by atoms with van der Waals surface area (Å²) in [7, 11) is 0. The minimum absolute atomic E-state index is 0.191. The highest BCUT2D eigenvalue weighted by atomic mass is 19.1. The Bertz CT molecular complexity index is 1230. The summed E-state index contributed by atoms with van der Waals surface area (Å²) in [6.07, 6.45) is 3.15. The van der Waals surface area contributed by atoms with Crippen molar-refractivity contribution in [3.05, 3.63) is 65.6 Å². The Hall–Kier alpha value is -3.68. The molecule has 0 unspecified atom stereocenters. The van der Waals surface area contributed by atoms with E-state index < -0.39 is 0 Å². The average Bonchev–Trinajstić information content (AvgIpc) is 3.08. The highest BCUT2D eigenvalue weighted by Gasteiger charge is 2.21. The number of pyridine rings is 1. The van der Waals surface area contributed by atoms with Gasteiger partial charge in [0.05, 0.1) is 40.4 Å². The van der Waals surface area contributed by atoms with Gasteiger partial charge in [-0.15, -0.1) is 0 Å². The van der Waals surface area contributed by atoms with Crippen molar-refractivity contribution in [2.24, 2.45) is 0 Å². The minimum Gasteiger partial charge on any atom is -0.335 e. The van der Waals surface area contributed by atoms with Gasteiger partial charge >= 0.3 is 0 Å². The van der Waals surface area contributed by atoms with Gasteiger partial charge in [0.2, 0.25) is 0 Å². The van der Waals surface area contributed by atoms with Gasteiger partial charge in [-0.25, -0.2) is 19.3 Å². The van der Waals surface area contributed by atoms with Crippen molar-refractivity contribution in [1.29, 1.82) is 0 Å². The van der Waals surface area contributed by atoms with Crippen molar-refractivity contribution in [3.8, 4) is 11.3 Å². The number of fused-ring (bicyclic) bond motifs is 1. The van der Waals surface area contributed by atoms with Crippen LogP contribution in [0.1, 0.15) is 42.6 Å². The van der Waals surface area contributed by atoms with Gasteiger partial charge in [0.25, 0.3) is 11.6 Å². The second-order valence-corrected chi connectivity index (χ2v) is 8.01. The van der Waals surface area contributed by atoms with E-state index in [2.05, 4.69) is 25.4 Å². The van der Waals surface area contributed by atoms with Crippen LogP contribution in [0.15, 0.2) is 47.2 Å². The zero-order valence-corrected chi connectivity index (χ0v) is 17.0. The van der Waals surface area contributed by atoms with Gasteiger partial charge < -0.3 is 9.84 Å². The molecule has 0 fully saturated rings. The smallest absolute Gasteiger partial charge is 0.259 e. The van der Waals surface area contributed by atoms with Crippen molar-refractivity contribution in [2.75, 3.05) is 5.32 Å². The van der Waals surface area contributed by atoms with E-state index >= 15 is 0 Å². The molecule has 30 heavy (non-hydrogen) atoms. The van der Waals surface area contributed by atoms with Crippen molar-refractivity contribution in [1.82, 2.24) is 20.1 Å². The van der Waals surface area contributed by atoms with Crippen LogP contribution in [0.2, 0.25) is 0 Å². The summed E-state index contributed by atoms with van der Waals surface area (Å²) in [5, 5.41) is 7.26. The molecule has 0 aliphatic rings. The molecule has 0 saturated heterocycles. The Morgan fingerprint density at radius 1 is 1.10 bits per heavy atom. The molecule has 4 rings (SSSR count). The Morgan fingerprint density at radius 3 is 2.40 bits per heavy atom. The van der Waals surface area contributed by atoms with Crippen LogP contribution in [0.25, 0.3) is 22.4 Å². The number of carbonyl (C=O) groups excluding carboxylic acids is 1. The summed E-state index contributed by atoms with van der Waals surface area (Å²) >= 11 is 0. The highest BCUT2D eigenvalue weighted by Crippen LogP contribution is 2.28. The molecule has 0 aliphatic carbocycles. The number of anilines is 1. The molecule has 0 bridgehead atoms. The summed E-state index contributed by atoms with van der Waals surface area (Å²) in [6, 6.07) is 7.49. The van der Waals surface area contributed by atoms with E-state index in [9.17, 15) is 9.18 Å². The van der Waals surface area contributed by atoms with E-state index in [4.69, 9.17) is 4.52 Å². The first-order valence-electron chi connectivity index (χ1n) is 9.39. The first kappa shape index (κ1) is 19.6. The summed E-state index contributed by atoms with van der Waals surface area (Å²) in [5.74, 6) is -0.0450. The Labute approximate surface area is 172 Å². The van der Waals surface area contributed by atoms with E-state index in [0.717, 1.165) is 0 Å². The SMILES string of the molecule is Cc1noc2nc(-c3ccc(F)cc3)cc(C(=O)Nc3cnc(C(C)(C)C)nc3)c12. The molecule has 152 valence electrons. The number of amides is 1. The maximum atomic E-state index is 13.3. The van der Waals surface area contributed by atoms with E-state index in [1.807, 2.05) is 20.8 Å². The molecule has 0 atom stereocenters. The molecule has 0 saturated carbocycles. The number of hydrogen-bond acceptors (Lipinski definition) is 6. The average molecular weight is 405 g/mol. The predicted octanol–water partition coefficient (Wildman–Crippen LogP) is 4.68. The first-order valence-corrected chi connectivity index (χ1v) is 9.39. The van der Waals surface area contributed by atoms with Crippen LogP contribution in [0.3, 0.4) is 0 Å². The van der Waals surface area contributed by atoms with Crippen molar-refractivity contribution >= 4 is 22.7 Å². The van der Waals surface area contributed by atoms with Crippen LogP contribution in [-0.4, -0.2) is 26.0 Å². The van der Waals surface area contributed by atoms with Crippen LogP contribution in [-0.2, 0) is 5.41 Å². The summed E-state index contributed by atoms with van der Waals surface area (Å²) in [4.78, 5) is 26.2. The van der Waals surface area contributed by atoms with Crippen LogP contribution in [0.4, 0.5) is 10.1 Å². The molecule has 0 aliphatic heterocycles. The fourth-order valence-corrected chi connectivity index (χ4v) is 3.02. The minimum atomic E-state index is -0.371. The molecular weight excluding hydrogens is 385 g/mol. The van der Waals surface area contributed by atoms with Crippen LogP contribution in [0.5, 0.6) is 0 Å². The lowest BCUT2D eigenvalue weighted by molar-refractivity contribution is 0.102. The number of benzene rings is 1. The predicted molar refractivity (Wildman–Crippen MR) is 111 cm³/mol. The summed E-state index contributed by atoms with van der Waals surface area (Å²) in [6.45, 7) is 7.78. The summed E-state index contributed by atoms with van der Waals surface area (Å²) in [5.41, 5.74) is 2.53. The van der Waals surface area contributed by atoms with Gasteiger partial charge in [0.15, 0.2) is 0 Å². The first-order chi connectivity index (χ1) is 14.2. The molecule has 4 aromatic rings. The lowest BCUT2D eigenvalue weighted by Gasteiger charge is -2.16.